The predicted octanol–water partition coefficient (Wildman–Crippen LogP) is 3.79. The molecule has 0 radical (unpaired) electrons. The number of aromatic nitrogens is 6. The predicted molar refractivity (Wildman–Crippen MR) is 188 cm³/mol. The summed E-state index contributed by atoms with van der Waals surface area (Å²) >= 11 is 0. The SMILES string of the molecule is CCn1nc(C)cc1C(=O)Nc1nc2cc(C(N)=O)cc(OCc3ccc(OC)cc3)c2n1C/C=C/Cn1c(N)nc2cc(C(N)=O)ccc21. The molecule has 0 spiro atoms. The van der Waals surface area contributed by atoms with Crippen molar-refractivity contribution in [1.29, 1.82) is 0 Å². The third-order valence-electron chi connectivity index (χ3n) is 8.11. The Morgan fingerprint density at radius 3 is 2.26 bits per heavy atom. The van der Waals surface area contributed by atoms with E-state index in [1.807, 2.05) is 50.3 Å². The number of ether oxygens (including phenoxy) is 2. The second kappa shape index (κ2) is 13.8. The van der Waals surface area contributed by atoms with Gasteiger partial charge >= 0.3 is 0 Å². The highest BCUT2D eigenvalue weighted by molar-refractivity contribution is 6.04. The van der Waals surface area contributed by atoms with Crippen molar-refractivity contribution in [1.82, 2.24) is 28.9 Å². The molecule has 3 aromatic carbocycles. The number of aryl methyl sites for hydroxylation is 2. The van der Waals surface area contributed by atoms with Crippen molar-refractivity contribution in [3.63, 3.8) is 0 Å². The molecule has 15 heteroatoms. The van der Waals surface area contributed by atoms with Crippen LogP contribution in [0.3, 0.4) is 0 Å². The Labute approximate surface area is 286 Å². The number of hydrogen-bond acceptors (Lipinski definition) is 9. The van der Waals surface area contributed by atoms with Crippen LogP contribution >= 0.6 is 0 Å². The van der Waals surface area contributed by atoms with E-state index in [1.165, 1.54) is 0 Å². The van der Waals surface area contributed by atoms with Crippen LogP contribution in [0, 0.1) is 6.92 Å². The molecule has 0 bridgehead atoms. The quantitative estimate of drug-likeness (QED) is 0.131. The number of nitrogens with zero attached hydrogens (tertiary/aromatic N) is 6. The number of fused-ring (bicyclic) bond motifs is 2. The standard InChI is InChI=1S/C35H36N10O5/c1-4-45-28(15-20(2)42-45)33(48)41-35-40-26-17-23(32(37)47)18-29(50-19-21-7-10-24(49-3)11-8-21)30(26)44(35)14-6-5-13-43-27-12-9-22(31(36)46)16-25(27)39-34(43)38/h5-12,15-18H,4,13-14,19H2,1-3H3,(H2,36,46)(H2,37,47)(H2,38,39)(H,40,41,48)/b6-5+. The van der Waals surface area contributed by atoms with E-state index in [1.54, 1.807) is 57.3 Å². The summed E-state index contributed by atoms with van der Waals surface area (Å²) in [6, 6.07) is 17.2. The van der Waals surface area contributed by atoms with Crippen LogP contribution in [-0.2, 0) is 26.2 Å². The largest absolute Gasteiger partial charge is 0.497 e. The van der Waals surface area contributed by atoms with E-state index in [2.05, 4.69) is 15.4 Å². The van der Waals surface area contributed by atoms with E-state index in [0.29, 0.717) is 58.1 Å². The number of primary amides is 2. The summed E-state index contributed by atoms with van der Waals surface area (Å²) in [5.41, 5.74) is 22.0. The summed E-state index contributed by atoms with van der Waals surface area (Å²) in [5.74, 6) is -0.0778. The van der Waals surface area contributed by atoms with Crippen LogP contribution in [0.25, 0.3) is 22.1 Å². The highest BCUT2D eigenvalue weighted by atomic mass is 16.5. The Balaban J connectivity index is 1.37. The zero-order chi connectivity index (χ0) is 35.5. The molecule has 0 aliphatic rings. The van der Waals surface area contributed by atoms with Crippen LogP contribution in [0.4, 0.5) is 11.9 Å². The molecule has 0 unspecified atom stereocenters. The second-order valence-electron chi connectivity index (χ2n) is 11.4. The fraction of sp³-hybridized carbons (Fsp3) is 0.200. The van der Waals surface area contributed by atoms with Crippen molar-refractivity contribution >= 4 is 51.7 Å². The van der Waals surface area contributed by atoms with Gasteiger partial charge in [0.1, 0.15) is 29.3 Å². The Morgan fingerprint density at radius 1 is 0.880 bits per heavy atom. The van der Waals surface area contributed by atoms with Crippen LogP contribution in [0.5, 0.6) is 11.5 Å². The van der Waals surface area contributed by atoms with Crippen LogP contribution in [0.15, 0.2) is 72.8 Å². The third-order valence-corrected chi connectivity index (χ3v) is 8.11. The lowest BCUT2D eigenvalue weighted by molar-refractivity contribution is 0.0992. The first kappa shape index (κ1) is 33.3. The van der Waals surface area contributed by atoms with Gasteiger partial charge in [0.25, 0.3) is 5.91 Å². The van der Waals surface area contributed by atoms with E-state index in [4.69, 9.17) is 31.7 Å². The van der Waals surface area contributed by atoms with Crippen LogP contribution in [-0.4, -0.2) is 53.7 Å². The third kappa shape index (κ3) is 6.69. The molecule has 6 aromatic rings. The summed E-state index contributed by atoms with van der Waals surface area (Å²) in [5, 5.41) is 7.32. The Morgan fingerprint density at radius 2 is 1.58 bits per heavy atom. The molecule has 0 fully saturated rings. The van der Waals surface area contributed by atoms with Gasteiger partial charge in [0.05, 0.1) is 29.4 Å². The van der Waals surface area contributed by atoms with Crippen molar-refractivity contribution < 1.29 is 23.9 Å². The number of amides is 3. The Hall–Kier alpha value is -6.64. The van der Waals surface area contributed by atoms with Gasteiger partial charge in [-0.05, 0) is 67.9 Å². The van der Waals surface area contributed by atoms with Crippen molar-refractivity contribution in [2.24, 2.45) is 11.5 Å². The number of nitrogens with one attached hydrogen (secondary N) is 1. The molecule has 15 nitrogen and oxygen atoms in total. The number of benzene rings is 3. The molecule has 7 N–H and O–H groups in total. The van der Waals surface area contributed by atoms with Crippen molar-refractivity contribution in [2.75, 3.05) is 18.2 Å². The number of allylic oxidation sites excluding steroid dienone is 2. The van der Waals surface area contributed by atoms with Crippen LogP contribution < -0.4 is 32.0 Å². The topological polar surface area (TPSA) is 213 Å². The Kier molecular flexibility index (Phi) is 9.21. The number of rotatable bonds is 13. The van der Waals surface area contributed by atoms with Gasteiger partial charge in [-0.3, -0.25) is 24.4 Å². The van der Waals surface area contributed by atoms with Gasteiger partial charge in [0, 0.05) is 30.8 Å². The van der Waals surface area contributed by atoms with Gasteiger partial charge in [0.2, 0.25) is 23.7 Å². The molecule has 0 aliphatic heterocycles. The summed E-state index contributed by atoms with van der Waals surface area (Å²) in [4.78, 5) is 46.6. The first-order chi connectivity index (χ1) is 24.1. The van der Waals surface area contributed by atoms with E-state index in [-0.39, 0.29) is 30.6 Å². The van der Waals surface area contributed by atoms with Gasteiger partial charge in [-0.25, -0.2) is 9.97 Å². The minimum atomic E-state index is -0.656. The maximum absolute atomic E-state index is 13.6. The molecule has 0 aliphatic carbocycles. The fourth-order valence-corrected chi connectivity index (χ4v) is 5.63. The van der Waals surface area contributed by atoms with Crippen molar-refractivity contribution in [3.8, 4) is 11.5 Å². The number of methoxy groups -OCH3 is 1. The molecule has 256 valence electrons. The smallest absolute Gasteiger partial charge is 0.276 e. The maximum atomic E-state index is 13.6. The van der Waals surface area contributed by atoms with E-state index < -0.39 is 17.7 Å². The monoisotopic (exact) mass is 676 g/mol. The second-order valence-corrected chi connectivity index (χ2v) is 11.4. The van der Waals surface area contributed by atoms with Gasteiger partial charge in [-0.15, -0.1) is 0 Å². The number of carbonyl (C=O) groups excluding carboxylic acids is 3. The number of nitrogens with two attached hydrogens (primary N) is 3. The average molecular weight is 677 g/mol. The van der Waals surface area contributed by atoms with E-state index >= 15 is 0 Å². The minimum absolute atomic E-state index is 0.170. The molecule has 0 atom stereocenters. The van der Waals surface area contributed by atoms with Crippen LogP contribution in [0.1, 0.15) is 49.4 Å². The number of imidazole rings is 2. The number of anilines is 2. The highest BCUT2D eigenvalue weighted by Gasteiger charge is 2.22. The van der Waals surface area contributed by atoms with Gasteiger partial charge in [-0.1, -0.05) is 24.3 Å². The summed E-state index contributed by atoms with van der Waals surface area (Å²) in [6.45, 7) is 4.97. The summed E-state index contributed by atoms with van der Waals surface area (Å²) in [6.07, 6.45) is 3.78. The number of nitrogen functional groups attached to an aromatic ring is 1. The zero-order valence-corrected chi connectivity index (χ0v) is 27.7. The molecule has 3 heterocycles. The maximum Gasteiger partial charge on any atom is 0.276 e. The first-order valence-electron chi connectivity index (χ1n) is 15.7. The van der Waals surface area contributed by atoms with Gasteiger partial charge in [0.15, 0.2) is 0 Å². The highest BCUT2D eigenvalue weighted by Crippen LogP contribution is 2.32. The molecule has 3 amide bonds. The number of carbonyl (C=O) groups is 3. The molecule has 50 heavy (non-hydrogen) atoms. The normalized spacial score (nSPS) is 11.4. The summed E-state index contributed by atoms with van der Waals surface area (Å²) in [7, 11) is 1.59. The number of hydrogen-bond donors (Lipinski definition) is 4. The van der Waals surface area contributed by atoms with E-state index in [9.17, 15) is 14.4 Å². The van der Waals surface area contributed by atoms with Gasteiger partial charge < -0.3 is 35.8 Å². The average Bonchev–Trinajstić information content (AvgIpc) is 3.76. The molecular formula is C35H36N10O5. The van der Waals surface area contributed by atoms with Crippen LogP contribution in [0.2, 0.25) is 0 Å². The molecule has 6 rings (SSSR count). The minimum Gasteiger partial charge on any atom is -0.497 e. The van der Waals surface area contributed by atoms with Crippen molar-refractivity contribution in [2.45, 2.75) is 40.1 Å². The van der Waals surface area contributed by atoms with Gasteiger partial charge in [-0.2, -0.15) is 5.10 Å². The Bertz CT molecular complexity index is 2280. The lowest BCUT2D eigenvalue weighted by atomic mass is 10.1. The lowest BCUT2D eigenvalue weighted by Crippen LogP contribution is -2.20. The van der Waals surface area contributed by atoms with Crippen molar-refractivity contribution in [3.05, 3.63) is 101 Å². The zero-order valence-electron chi connectivity index (χ0n) is 27.7. The summed E-state index contributed by atoms with van der Waals surface area (Å²) < 4.78 is 16.7. The van der Waals surface area contributed by atoms with E-state index in [0.717, 1.165) is 11.1 Å². The fourth-order valence-electron chi connectivity index (χ4n) is 5.63. The molecule has 0 saturated heterocycles. The molecule has 0 saturated carbocycles. The first-order valence-corrected chi connectivity index (χ1v) is 15.7. The lowest BCUT2D eigenvalue weighted by Gasteiger charge is -2.13. The molecular weight excluding hydrogens is 640 g/mol. The molecule has 3 aromatic heterocycles.